The number of thiazole rings is 1. The number of aromatic nitrogens is 4. The minimum absolute atomic E-state index is 0.264. The lowest BCUT2D eigenvalue weighted by atomic mass is 10.3. The quantitative estimate of drug-likeness (QED) is 0.623. The number of benzene rings is 1. The molecule has 1 aliphatic heterocycles. The maximum Gasteiger partial charge on any atom is 0.248 e. The van der Waals surface area contributed by atoms with E-state index in [9.17, 15) is 0 Å². The van der Waals surface area contributed by atoms with Gasteiger partial charge in [0.1, 0.15) is 12.4 Å². The number of nitrogens with two attached hydrogens (primary N) is 1. The Balaban J connectivity index is 1.38. The standard InChI is InChI=1S/C17H20ClN7OS/c18-13-11-12(3-4-14(13)26-9-8-24-6-1-2-7-24)21-16-22-15(19)25(23-16)17-20-5-10-27-17/h3-5,10-11H,1-2,6-9H2,(H3,19,21,22,23). The first-order valence-electron chi connectivity index (χ1n) is 8.73. The molecule has 27 heavy (non-hydrogen) atoms. The summed E-state index contributed by atoms with van der Waals surface area (Å²) >= 11 is 7.78. The van der Waals surface area contributed by atoms with E-state index < -0.39 is 0 Å². The molecule has 0 amide bonds. The van der Waals surface area contributed by atoms with Crippen molar-refractivity contribution in [3.8, 4) is 10.9 Å². The maximum absolute atomic E-state index is 6.35. The number of halogens is 1. The van der Waals surface area contributed by atoms with E-state index in [1.54, 1.807) is 12.3 Å². The van der Waals surface area contributed by atoms with Crippen molar-refractivity contribution in [2.24, 2.45) is 0 Å². The molecule has 4 rings (SSSR count). The number of nitrogens with zero attached hydrogens (tertiary/aromatic N) is 5. The van der Waals surface area contributed by atoms with Crippen LogP contribution in [0.25, 0.3) is 5.13 Å². The van der Waals surface area contributed by atoms with Gasteiger partial charge in [-0.1, -0.05) is 11.6 Å². The highest BCUT2D eigenvalue weighted by Gasteiger charge is 2.13. The summed E-state index contributed by atoms with van der Waals surface area (Å²) < 4.78 is 7.30. The van der Waals surface area contributed by atoms with Crippen LogP contribution in [0.2, 0.25) is 5.02 Å². The second kappa shape index (κ2) is 8.12. The average molecular weight is 406 g/mol. The summed E-state index contributed by atoms with van der Waals surface area (Å²) in [6, 6.07) is 5.50. The van der Waals surface area contributed by atoms with E-state index in [0.717, 1.165) is 25.3 Å². The Labute approximate surface area is 165 Å². The van der Waals surface area contributed by atoms with Crippen LogP contribution < -0.4 is 15.8 Å². The van der Waals surface area contributed by atoms with E-state index in [1.807, 2.05) is 17.5 Å². The molecular weight excluding hydrogens is 386 g/mol. The highest BCUT2D eigenvalue weighted by Crippen LogP contribution is 2.29. The summed E-state index contributed by atoms with van der Waals surface area (Å²) in [7, 11) is 0. The van der Waals surface area contributed by atoms with Gasteiger partial charge in [0.15, 0.2) is 0 Å². The molecule has 1 aromatic carbocycles. The van der Waals surface area contributed by atoms with E-state index in [2.05, 4.69) is 25.3 Å². The zero-order chi connectivity index (χ0) is 18.6. The molecule has 1 fully saturated rings. The Hall–Kier alpha value is -2.36. The van der Waals surface area contributed by atoms with Gasteiger partial charge in [-0.15, -0.1) is 16.4 Å². The zero-order valence-electron chi connectivity index (χ0n) is 14.6. The van der Waals surface area contributed by atoms with Crippen molar-refractivity contribution in [3.05, 3.63) is 34.8 Å². The van der Waals surface area contributed by atoms with Crippen LogP contribution in [-0.2, 0) is 0 Å². The maximum atomic E-state index is 6.35. The molecule has 0 radical (unpaired) electrons. The minimum Gasteiger partial charge on any atom is -0.491 e. The fraction of sp³-hybridized carbons (Fsp3) is 0.353. The molecule has 0 saturated carbocycles. The van der Waals surface area contributed by atoms with E-state index in [4.69, 9.17) is 22.1 Å². The van der Waals surface area contributed by atoms with E-state index in [0.29, 0.717) is 28.5 Å². The molecule has 0 bridgehead atoms. The Bertz CT molecular complexity index is 893. The number of anilines is 3. The predicted octanol–water partition coefficient (Wildman–Crippen LogP) is 3.18. The summed E-state index contributed by atoms with van der Waals surface area (Å²) in [4.78, 5) is 10.8. The number of nitrogen functional groups attached to an aromatic ring is 1. The van der Waals surface area contributed by atoms with Crippen LogP contribution in [0.3, 0.4) is 0 Å². The Morgan fingerprint density at radius 3 is 2.89 bits per heavy atom. The van der Waals surface area contributed by atoms with Crippen LogP contribution >= 0.6 is 22.9 Å². The lowest BCUT2D eigenvalue weighted by Gasteiger charge is -2.15. The number of rotatable bonds is 7. The van der Waals surface area contributed by atoms with Gasteiger partial charge in [0, 0.05) is 23.8 Å². The Morgan fingerprint density at radius 2 is 2.15 bits per heavy atom. The summed E-state index contributed by atoms with van der Waals surface area (Å²) in [6.07, 6.45) is 4.24. The van der Waals surface area contributed by atoms with Gasteiger partial charge in [0.25, 0.3) is 0 Å². The van der Waals surface area contributed by atoms with Gasteiger partial charge in [-0.3, -0.25) is 4.90 Å². The first-order chi connectivity index (χ1) is 13.2. The molecule has 0 aliphatic carbocycles. The highest BCUT2D eigenvalue weighted by molar-refractivity contribution is 7.12. The molecule has 2 aromatic heterocycles. The number of likely N-dealkylation sites (tertiary alicyclic amines) is 1. The van der Waals surface area contributed by atoms with Gasteiger partial charge in [-0.2, -0.15) is 9.67 Å². The first kappa shape index (κ1) is 18.0. The SMILES string of the molecule is Nc1nc(Nc2ccc(OCCN3CCCC3)c(Cl)c2)nn1-c1nccs1. The lowest BCUT2D eigenvalue weighted by molar-refractivity contribution is 0.238. The van der Waals surface area contributed by atoms with E-state index >= 15 is 0 Å². The molecule has 0 spiro atoms. The smallest absolute Gasteiger partial charge is 0.248 e. The molecule has 1 aliphatic rings. The number of hydrogen-bond donors (Lipinski definition) is 2. The first-order valence-corrected chi connectivity index (χ1v) is 9.99. The summed E-state index contributed by atoms with van der Waals surface area (Å²) in [6.45, 7) is 3.87. The van der Waals surface area contributed by atoms with Crippen LogP contribution in [0.5, 0.6) is 5.75 Å². The van der Waals surface area contributed by atoms with Gasteiger partial charge in [-0.05, 0) is 44.1 Å². The van der Waals surface area contributed by atoms with E-state index in [1.165, 1.54) is 28.9 Å². The zero-order valence-corrected chi connectivity index (χ0v) is 16.2. The second-order valence-corrected chi connectivity index (χ2v) is 7.47. The van der Waals surface area contributed by atoms with Crippen LogP contribution in [0.15, 0.2) is 29.8 Å². The number of nitrogens with one attached hydrogen (secondary N) is 1. The minimum atomic E-state index is 0.264. The third-order valence-electron chi connectivity index (χ3n) is 4.28. The molecule has 0 atom stereocenters. The fourth-order valence-corrected chi connectivity index (χ4v) is 3.79. The molecular formula is C17H20ClN7OS. The van der Waals surface area contributed by atoms with Gasteiger partial charge in [0.05, 0.1) is 5.02 Å². The van der Waals surface area contributed by atoms with Crippen LogP contribution in [0.4, 0.5) is 17.6 Å². The lowest BCUT2D eigenvalue weighted by Crippen LogP contribution is -2.25. The van der Waals surface area contributed by atoms with Crippen molar-refractivity contribution >= 4 is 40.5 Å². The predicted molar refractivity (Wildman–Crippen MR) is 107 cm³/mol. The number of ether oxygens (including phenoxy) is 1. The summed E-state index contributed by atoms with van der Waals surface area (Å²) in [5.74, 6) is 1.31. The average Bonchev–Trinajstić information content (AvgIpc) is 3.39. The molecule has 142 valence electrons. The largest absolute Gasteiger partial charge is 0.491 e. The van der Waals surface area contributed by atoms with Crippen molar-refractivity contribution in [3.63, 3.8) is 0 Å². The summed E-state index contributed by atoms with van der Waals surface area (Å²) in [5, 5.41) is 10.5. The molecule has 3 N–H and O–H groups in total. The van der Waals surface area contributed by atoms with Crippen LogP contribution in [-0.4, -0.2) is 50.9 Å². The monoisotopic (exact) mass is 405 g/mol. The van der Waals surface area contributed by atoms with Crippen molar-refractivity contribution in [2.75, 3.05) is 37.3 Å². The third kappa shape index (κ3) is 4.32. The van der Waals surface area contributed by atoms with Crippen LogP contribution in [0.1, 0.15) is 12.8 Å². The molecule has 0 unspecified atom stereocenters. The molecule has 8 nitrogen and oxygen atoms in total. The topological polar surface area (TPSA) is 94.1 Å². The van der Waals surface area contributed by atoms with Gasteiger partial charge in [-0.25, -0.2) is 4.98 Å². The summed E-state index contributed by atoms with van der Waals surface area (Å²) in [5.41, 5.74) is 6.67. The van der Waals surface area contributed by atoms with Gasteiger partial charge < -0.3 is 15.8 Å². The molecule has 1 saturated heterocycles. The Morgan fingerprint density at radius 1 is 1.30 bits per heavy atom. The van der Waals surface area contributed by atoms with Crippen molar-refractivity contribution in [1.82, 2.24) is 24.6 Å². The van der Waals surface area contributed by atoms with Crippen molar-refractivity contribution in [1.29, 1.82) is 0 Å². The number of hydrogen-bond acceptors (Lipinski definition) is 8. The molecule has 3 aromatic rings. The van der Waals surface area contributed by atoms with Crippen molar-refractivity contribution < 1.29 is 4.74 Å². The van der Waals surface area contributed by atoms with Crippen LogP contribution in [0, 0.1) is 0 Å². The third-order valence-corrected chi connectivity index (χ3v) is 5.33. The van der Waals surface area contributed by atoms with Gasteiger partial charge >= 0.3 is 0 Å². The molecule has 10 heteroatoms. The van der Waals surface area contributed by atoms with E-state index in [-0.39, 0.29) is 5.95 Å². The molecule has 3 heterocycles. The van der Waals surface area contributed by atoms with Gasteiger partial charge in [0.2, 0.25) is 17.0 Å². The highest BCUT2D eigenvalue weighted by atomic mass is 35.5. The second-order valence-electron chi connectivity index (χ2n) is 6.19. The fourth-order valence-electron chi connectivity index (χ4n) is 2.95. The normalized spacial score (nSPS) is 14.6. The van der Waals surface area contributed by atoms with Crippen molar-refractivity contribution in [2.45, 2.75) is 12.8 Å². The Kier molecular flexibility index (Phi) is 5.42.